The van der Waals surface area contributed by atoms with Gasteiger partial charge in [-0.1, -0.05) is 74.5 Å². The van der Waals surface area contributed by atoms with Gasteiger partial charge >= 0.3 is 0 Å². The summed E-state index contributed by atoms with van der Waals surface area (Å²) in [5, 5.41) is 0. The molecular weight excluding hydrogens is 388 g/mol. The van der Waals surface area contributed by atoms with Crippen LogP contribution >= 0.6 is 0 Å². The second kappa shape index (κ2) is 11.2. The minimum atomic E-state index is -0.393. The van der Waals surface area contributed by atoms with Crippen LogP contribution in [0.1, 0.15) is 52.7 Å². The summed E-state index contributed by atoms with van der Waals surface area (Å²) in [6.45, 7) is 20.7. The maximum atomic E-state index is 6.15. The van der Waals surface area contributed by atoms with Gasteiger partial charge in [-0.2, -0.15) is 0 Å². The van der Waals surface area contributed by atoms with Crippen molar-refractivity contribution in [2.24, 2.45) is 0 Å². The lowest BCUT2D eigenvalue weighted by atomic mass is 9.77. The van der Waals surface area contributed by atoms with E-state index >= 15 is 0 Å². The van der Waals surface area contributed by atoms with Gasteiger partial charge in [0.2, 0.25) is 0 Å². The topological polar surface area (TPSA) is 36.9 Å². The molecule has 0 amide bonds. The van der Waals surface area contributed by atoms with Crippen molar-refractivity contribution in [1.29, 1.82) is 0 Å². The Hall–Kier alpha value is -2.56. The van der Waals surface area contributed by atoms with Crippen molar-refractivity contribution in [1.82, 2.24) is 0 Å². The van der Waals surface area contributed by atoms with E-state index in [1.807, 2.05) is 64.1 Å². The minimum absolute atomic E-state index is 0.380. The molecule has 0 aromatic heterocycles. The Bertz CT molecular complexity index is 813. The third-order valence-electron chi connectivity index (χ3n) is 4.84. The van der Waals surface area contributed by atoms with Gasteiger partial charge in [0.05, 0.1) is 13.2 Å². The first-order chi connectivity index (χ1) is 14.6. The average Bonchev–Trinajstić information content (AvgIpc) is 2.71. The smallest absolute Gasteiger partial charge is 0.197 e. The van der Waals surface area contributed by atoms with Crippen LogP contribution in [0.4, 0.5) is 0 Å². The number of para-hydroxylation sites is 2. The molecule has 0 radical (unpaired) electrons. The van der Waals surface area contributed by atoms with Crippen molar-refractivity contribution >= 4 is 0 Å². The quantitative estimate of drug-likeness (QED) is 0.282. The Morgan fingerprint density at radius 1 is 0.742 bits per heavy atom. The number of hydrogen-bond donors (Lipinski definition) is 0. The standard InChI is InChI=1S/C27H36O4/c1-19(2)17-28-21(5)30-25-15-11-9-13-23(25)27(7,8)24-14-10-12-16-26(24)31-22(6)29-18-20(3)4/h9-16,21-22H,1,3,17-18H2,2,4-8H3. The fourth-order valence-electron chi connectivity index (χ4n) is 3.26. The predicted octanol–water partition coefficient (Wildman–Crippen LogP) is 6.65. The number of ether oxygens (including phenoxy) is 4. The summed E-state index contributed by atoms with van der Waals surface area (Å²) in [6, 6.07) is 16.1. The molecule has 0 N–H and O–H groups in total. The van der Waals surface area contributed by atoms with Crippen LogP contribution in [0.5, 0.6) is 11.5 Å². The van der Waals surface area contributed by atoms with E-state index < -0.39 is 12.6 Å². The summed E-state index contributed by atoms with van der Waals surface area (Å²) in [5.41, 5.74) is 3.63. The molecule has 0 aliphatic heterocycles. The molecule has 2 unspecified atom stereocenters. The number of rotatable bonds is 12. The van der Waals surface area contributed by atoms with Crippen molar-refractivity contribution < 1.29 is 18.9 Å². The molecular formula is C27H36O4. The predicted molar refractivity (Wildman–Crippen MR) is 127 cm³/mol. The summed E-state index contributed by atoms with van der Waals surface area (Å²) in [7, 11) is 0. The van der Waals surface area contributed by atoms with Crippen molar-refractivity contribution in [3.63, 3.8) is 0 Å². The molecule has 4 heteroatoms. The van der Waals surface area contributed by atoms with E-state index in [9.17, 15) is 0 Å². The first kappa shape index (κ1) is 24.7. The highest BCUT2D eigenvalue weighted by Gasteiger charge is 2.30. The maximum Gasteiger partial charge on any atom is 0.197 e. The van der Waals surface area contributed by atoms with Gasteiger partial charge in [-0.05, 0) is 39.8 Å². The lowest BCUT2D eigenvalue weighted by Gasteiger charge is -2.31. The second-order valence-electron chi connectivity index (χ2n) is 8.52. The summed E-state index contributed by atoms with van der Waals surface area (Å²) in [4.78, 5) is 0. The average molecular weight is 425 g/mol. The van der Waals surface area contributed by atoms with Crippen LogP contribution in [0.3, 0.4) is 0 Å². The SMILES string of the molecule is C=C(C)COC(C)Oc1ccccc1C(C)(C)c1ccccc1OC(C)OCC(=C)C. The molecule has 0 saturated heterocycles. The van der Waals surface area contributed by atoms with E-state index in [1.54, 1.807) is 0 Å². The van der Waals surface area contributed by atoms with Crippen LogP contribution in [0, 0.1) is 0 Å². The Morgan fingerprint density at radius 2 is 1.10 bits per heavy atom. The first-order valence-electron chi connectivity index (χ1n) is 10.7. The Morgan fingerprint density at radius 3 is 1.45 bits per heavy atom. The zero-order valence-corrected chi connectivity index (χ0v) is 19.7. The lowest BCUT2D eigenvalue weighted by Crippen LogP contribution is -2.25. The van der Waals surface area contributed by atoms with E-state index in [0.29, 0.717) is 13.2 Å². The zero-order chi connectivity index (χ0) is 23.0. The molecule has 2 aromatic carbocycles. The van der Waals surface area contributed by atoms with Gasteiger partial charge in [0.15, 0.2) is 12.6 Å². The summed E-state index contributed by atoms with van der Waals surface area (Å²) < 4.78 is 23.8. The molecule has 168 valence electrons. The van der Waals surface area contributed by atoms with Crippen molar-refractivity contribution in [2.45, 2.75) is 59.5 Å². The van der Waals surface area contributed by atoms with E-state index in [4.69, 9.17) is 18.9 Å². The van der Waals surface area contributed by atoms with Crippen molar-refractivity contribution in [3.05, 3.63) is 84.0 Å². The fourth-order valence-corrected chi connectivity index (χ4v) is 3.26. The van der Waals surface area contributed by atoms with Gasteiger partial charge in [-0.25, -0.2) is 0 Å². The Labute approximate surface area is 187 Å². The number of benzene rings is 2. The van der Waals surface area contributed by atoms with E-state index in [2.05, 4.69) is 39.1 Å². The van der Waals surface area contributed by atoms with Gasteiger partial charge in [0.1, 0.15) is 11.5 Å². The van der Waals surface area contributed by atoms with Crippen LogP contribution in [0.15, 0.2) is 72.8 Å². The summed E-state index contributed by atoms with van der Waals surface area (Å²) >= 11 is 0. The van der Waals surface area contributed by atoms with Gasteiger partial charge in [-0.15, -0.1) is 0 Å². The first-order valence-corrected chi connectivity index (χ1v) is 10.7. The molecule has 0 aliphatic carbocycles. The highest BCUT2D eigenvalue weighted by molar-refractivity contribution is 5.50. The number of hydrogen-bond acceptors (Lipinski definition) is 4. The third-order valence-corrected chi connectivity index (χ3v) is 4.84. The van der Waals surface area contributed by atoms with E-state index in [0.717, 1.165) is 33.8 Å². The minimum Gasteiger partial charge on any atom is -0.465 e. The molecule has 4 nitrogen and oxygen atoms in total. The maximum absolute atomic E-state index is 6.15. The molecule has 0 bridgehead atoms. The molecule has 2 aromatic rings. The molecule has 2 rings (SSSR count). The normalized spacial score (nSPS) is 13.4. The van der Waals surface area contributed by atoms with Crippen LogP contribution in [0.2, 0.25) is 0 Å². The molecule has 0 spiro atoms. The molecule has 0 saturated carbocycles. The van der Waals surface area contributed by atoms with Crippen LogP contribution in [-0.2, 0) is 14.9 Å². The van der Waals surface area contributed by atoms with Crippen molar-refractivity contribution in [3.8, 4) is 11.5 Å². The lowest BCUT2D eigenvalue weighted by molar-refractivity contribution is -0.0586. The molecule has 31 heavy (non-hydrogen) atoms. The summed E-state index contributed by atoms with van der Waals surface area (Å²) in [6.07, 6.45) is -0.786. The van der Waals surface area contributed by atoms with E-state index in [1.165, 1.54) is 0 Å². The van der Waals surface area contributed by atoms with Gasteiger partial charge in [0.25, 0.3) is 0 Å². The fraction of sp³-hybridized carbons (Fsp3) is 0.407. The molecule has 0 fully saturated rings. The van der Waals surface area contributed by atoms with Crippen molar-refractivity contribution in [2.75, 3.05) is 13.2 Å². The second-order valence-corrected chi connectivity index (χ2v) is 8.52. The monoisotopic (exact) mass is 424 g/mol. The van der Waals surface area contributed by atoms with Gasteiger partial charge in [0, 0.05) is 16.5 Å². The third kappa shape index (κ3) is 7.27. The molecule has 0 aliphatic rings. The van der Waals surface area contributed by atoms with Gasteiger partial charge < -0.3 is 18.9 Å². The van der Waals surface area contributed by atoms with Gasteiger partial charge in [-0.3, -0.25) is 0 Å². The van der Waals surface area contributed by atoms with Crippen LogP contribution in [-0.4, -0.2) is 25.8 Å². The molecule has 0 heterocycles. The van der Waals surface area contributed by atoms with Crippen LogP contribution in [0.25, 0.3) is 0 Å². The Balaban J connectivity index is 2.30. The van der Waals surface area contributed by atoms with Crippen LogP contribution < -0.4 is 9.47 Å². The highest BCUT2D eigenvalue weighted by atomic mass is 16.7. The summed E-state index contributed by atoms with van der Waals surface area (Å²) in [5.74, 6) is 1.56. The van der Waals surface area contributed by atoms with E-state index in [-0.39, 0.29) is 5.41 Å². The largest absolute Gasteiger partial charge is 0.465 e. The Kier molecular flexibility index (Phi) is 8.90. The molecule has 2 atom stereocenters. The zero-order valence-electron chi connectivity index (χ0n) is 19.7. The highest BCUT2D eigenvalue weighted by Crippen LogP contribution is 2.41.